The summed E-state index contributed by atoms with van der Waals surface area (Å²) in [5.74, 6) is -0.745. The highest BCUT2D eigenvalue weighted by molar-refractivity contribution is 9.10. The van der Waals surface area contributed by atoms with E-state index in [1.54, 1.807) is 18.2 Å². The lowest BCUT2D eigenvalue weighted by atomic mass is 10.1. The Hall–Kier alpha value is -2.72. The van der Waals surface area contributed by atoms with Crippen LogP contribution in [0.1, 0.15) is 41.8 Å². The standard InChI is InChI=1S/C19H17BrFN3O2/c1-3-12(2)26-18-7-5-14(8-16(18)20)11-23-24-19(25)15-6-4-13(10-22)9-17(15)21/h4-9,11-12H,3H2,1-2H3,(H,24,25)/b23-11-/t12-/m0/s1. The van der Waals surface area contributed by atoms with Crippen molar-refractivity contribution in [1.82, 2.24) is 5.43 Å². The van der Waals surface area contributed by atoms with Crippen molar-refractivity contribution >= 4 is 28.1 Å². The van der Waals surface area contributed by atoms with Crippen molar-refractivity contribution in [1.29, 1.82) is 5.26 Å². The summed E-state index contributed by atoms with van der Waals surface area (Å²) in [5, 5.41) is 12.5. The zero-order chi connectivity index (χ0) is 19.1. The second-order valence-corrected chi connectivity index (χ2v) is 6.39. The van der Waals surface area contributed by atoms with Gasteiger partial charge in [0.1, 0.15) is 11.6 Å². The third kappa shape index (κ3) is 5.14. The summed E-state index contributed by atoms with van der Waals surface area (Å²) in [4.78, 5) is 12.0. The summed E-state index contributed by atoms with van der Waals surface area (Å²) in [6, 6.07) is 10.8. The molecule has 0 saturated carbocycles. The first-order valence-corrected chi connectivity index (χ1v) is 8.73. The number of halogens is 2. The summed E-state index contributed by atoms with van der Waals surface area (Å²) in [6.07, 6.45) is 2.44. The van der Waals surface area contributed by atoms with Crippen LogP contribution in [-0.2, 0) is 0 Å². The average molecular weight is 418 g/mol. The number of benzene rings is 2. The first-order chi connectivity index (χ1) is 12.4. The van der Waals surface area contributed by atoms with Crippen molar-refractivity contribution in [3.63, 3.8) is 0 Å². The van der Waals surface area contributed by atoms with E-state index in [0.29, 0.717) is 0 Å². The normalized spacial score (nSPS) is 11.8. The van der Waals surface area contributed by atoms with Gasteiger partial charge in [-0.2, -0.15) is 10.4 Å². The van der Waals surface area contributed by atoms with Gasteiger partial charge in [0, 0.05) is 0 Å². The Morgan fingerprint density at radius 1 is 1.42 bits per heavy atom. The van der Waals surface area contributed by atoms with E-state index in [-0.39, 0.29) is 17.2 Å². The topological polar surface area (TPSA) is 74.5 Å². The van der Waals surface area contributed by atoms with Gasteiger partial charge in [0.05, 0.1) is 34.0 Å². The van der Waals surface area contributed by atoms with E-state index in [4.69, 9.17) is 10.00 Å². The predicted molar refractivity (Wildman–Crippen MR) is 101 cm³/mol. The van der Waals surface area contributed by atoms with Crippen molar-refractivity contribution in [3.8, 4) is 11.8 Å². The number of nitriles is 1. The van der Waals surface area contributed by atoms with Crippen molar-refractivity contribution in [2.24, 2.45) is 5.10 Å². The lowest BCUT2D eigenvalue weighted by Gasteiger charge is -2.14. The monoisotopic (exact) mass is 417 g/mol. The van der Waals surface area contributed by atoms with Crippen LogP contribution < -0.4 is 10.2 Å². The highest BCUT2D eigenvalue weighted by Gasteiger charge is 2.11. The summed E-state index contributed by atoms with van der Waals surface area (Å²) in [7, 11) is 0. The predicted octanol–water partition coefficient (Wildman–Crippen LogP) is 4.40. The second-order valence-electron chi connectivity index (χ2n) is 5.53. The van der Waals surface area contributed by atoms with Crippen LogP contribution in [0.3, 0.4) is 0 Å². The number of nitrogens with one attached hydrogen (secondary N) is 1. The smallest absolute Gasteiger partial charge is 0.274 e. The van der Waals surface area contributed by atoms with Gasteiger partial charge in [-0.05, 0) is 71.2 Å². The molecule has 134 valence electrons. The molecule has 0 aliphatic carbocycles. The molecule has 26 heavy (non-hydrogen) atoms. The number of hydrazone groups is 1. The van der Waals surface area contributed by atoms with E-state index in [2.05, 4.69) is 26.5 Å². The van der Waals surface area contributed by atoms with Crippen LogP contribution in [0.15, 0.2) is 46.0 Å². The molecule has 0 aliphatic rings. The maximum absolute atomic E-state index is 13.8. The SMILES string of the molecule is CC[C@H](C)Oc1ccc(/C=N\NC(=O)c2ccc(C#N)cc2F)cc1Br. The Morgan fingerprint density at radius 2 is 2.19 bits per heavy atom. The number of rotatable bonds is 6. The van der Waals surface area contributed by atoms with Crippen LogP contribution >= 0.6 is 15.9 Å². The highest BCUT2D eigenvalue weighted by atomic mass is 79.9. The molecule has 2 rings (SSSR count). The molecule has 0 radical (unpaired) electrons. The van der Waals surface area contributed by atoms with Crippen molar-refractivity contribution in [2.75, 3.05) is 0 Å². The molecule has 0 aliphatic heterocycles. The Balaban J connectivity index is 2.03. The van der Waals surface area contributed by atoms with Crippen LogP contribution in [0.2, 0.25) is 0 Å². The van der Waals surface area contributed by atoms with Gasteiger partial charge in [-0.1, -0.05) is 6.92 Å². The Kier molecular flexibility index (Phi) is 6.87. The number of ether oxygens (including phenoxy) is 1. The van der Waals surface area contributed by atoms with Gasteiger partial charge in [-0.25, -0.2) is 9.82 Å². The molecule has 0 aromatic heterocycles. The van der Waals surface area contributed by atoms with Gasteiger partial charge in [-0.15, -0.1) is 0 Å². The zero-order valence-corrected chi connectivity index (χ0v) is 15.9. The fourth-order valence-electron chi connectivity index (χ4n) is 1.99. The van der Waals surface area contributed by atoms with Gasteiger partial charge in [0.2, 0.25) is 0 Å². The molecular formula is C19H17BrFN3O2. The molecule has 0 bridgehead atoms. The summed E-state index contributed by atoms with van der Waals surface area (Å²) in [6.45, 7) is 4.03. The number of amides is 1. The number of hydrogen-bond donors (Lipinski definition) is 1. The largest absolute Gasteiger partial charge is 0.490 e. The van der Waals surface area contributed by atoms with E-state index >= 15 is 0 Å². The Morgan fingerprint density at radius 3 is 2.81 bits per heavy atom. The van der Waals surface area contributed by atoms with E-state index < -0.39 is 11.7 Å². The lowest BCUT2D eigenvalue weighted by Crippen LogP contribution is -2.19. The van der Waals surface area contributed by atoms with E-state index in [1.165, 1.54) is 18.3 Å². The molecule has 1 amide bonds. The van der Waals surface area contributed by atoms with Gasteiger partial charge in [0.15, 0.2) is 0 Å². The molecule has 0 spiro atoms. The lowest BCUT2D eigenvalue weighted by molar-refractivity contribution is 0.0951. The first kappa shape index (κ1) is 19.6. The fourth-order valence-corrected chi connectivity index (χ4v) is 2.48. The molecule has 1 atom stereocenters. The van der Waals surface area contributed by atoms with Crippen molar-refractivity contribution < 1.29 is 13.9 Å². The fraction of sp³-hybridized carbons (Fsp3) is 0.211. The van der Waals surface area contributed by atoms with Gasteiger partial charge < -0.3 is 4.74 Å². The third-order valence-corrected chi connectivity index (χ3v) is 4.20. The molecule has 0 fully saturated rings. The maximum atomic E-state index is 13.8. The summed E-state index contributed by atoms with van der Waals surface area (Å²) < 4.78 is 20.3. The van der Waals surface area contributed by atoms with Crippen LogP contribution in [0.4, 0.5) is 4.39 Å². The van der Waals surface area contributed by atoms with Crippen LogP contribution in [0.25, 0.3) is 0 Å². The minimum Gasteiger partial charge on any atom is -0.490 e. The van der Waals surface area contributed by atoms with Crippen molar-refractivity contribution in [2.45, 2.75) is 26.4 Å². The van der Waals surface area contributed by atoms with Crippen molar-refractivity contribution in [3.05, 3.63) is 63.4 Å². The minimum atomic E-state index is -0.772. The van der Waals surface area contributed by atoms with Gasteiger partial charge >= 0.3 is 0 Å². The molecule has 0 saturated heterocycles. The first-order valence-electron chi connectivity index (χ1n) is 7.93. The number of carbonyl (C=O) groups is 1. The molecular weight excluding hydrogens is 401 g/mol. The highest BCUT2D eigenvalue weighted by Crippen LogP contribution is 2.26. The van der Waals surface area contributed by atoms with E-state index in [0.717, 1.165) is 28.3 Å². The molecule has 5 nitrogen and oxygen atoms in total. The molecule has 7 heteroatoms. The molecule has 0 heterocycles. The van der Waals surface area contributed by atoms with Crippen LogP contribution in [0, 0.1) is 17.1 Å². The third-order valence-electron chi connectivity index (χ3n) is 3.58. The number of hydrogen-bond acceptors (Lipinski definition) is 4. The van der Waals surface area contributed by atoms with Gasteiger partial charge in [0.25, 0.3) is 5.91 Å². The number of carbonyl (C=O) groups excluding carboxylic acids is 1. The molecule has 2 aromatic rings. The Bertz CT molecular complexity index is 878. The van der Waals surface area contributed by atoms with E-state index in [1.807, 2.05) is 19.9 Å². The molecule has 0 unspecified atom stereocenters. The van der Waals surface area contributed by atoms with E-state index in [9.17, 15) is 9.18 Å². The minimum absolute atomic E-state index is 0.104. The van der Waals surface area contributed by atoms with Crippen LogP contribution in [-0.4, -0.2) is 18.2 Å². The average Bonchev–Trinajstić information content (AvgIpc) is 2.63. The molecule has 2 aromatic carbocycles. The number of nitrogens with zero attached hydrogens (tertiary/aromatic N) is 2. The summed E-state index contributed by atoms with van der Waals surface area (Å²) in [5.41, 5.74) is 2.96. The molecule has 1 N–H and O–H groups in total. The summed E-state index contributed by atoms with van der Waals surface area (Å²) >= 11 is 3.44. The quantitative estimate of drug-likeness (QED) is 0.558. The Labute approximate surface area is 159 Å². The van der Waals surface area contributed by atoms with Crippen LogP contribution in [0.5, 0.6) is 5.75 Å². The second kappa shape index (κ2) is 9.11. The zero-order valence-electron chi connectivity index (χ0n) is 14.3. The van der Waals surface area contributed by atoms with Gasteiger partial charge in [-0.3, -0.25) is 4.79 Å². The maximum Gasteiger partial charge on any atom is 0.274 e.